The summed E-state index contributed by atoms with van der Waals surface area (Å²) in [5.74, 6) is -0.133. The summed E-state index contributed by atoms with van der Waals surface area (Å²) >= 11 is 0. The highest BCUT2D eigenvalue weighted by Gasteiger charge is 2.33. The summed E-state index contributed by atoms with van der Waals surface area (Å²) in [4.78, 5) is 28.7. The molecule has 1 aliphatic carbocycles. The molecule has 2 amide bonds. The summed E-state index contributed by atoms with van der Waals surface area (Å²) in [6.07, 6.45) is 3.95. The maximum atomic E-state index is 14.0. The van der Waals surface area contributed by atoms with Crippen LogP contribution in [0.1, 0.15) is 38.2 Å². The largest absolute Gasteiger partial charge is 0.493 e. The lowest BCUT2D eigenvalue weighted by Gasteiger charge is -2.32. The number of anilines is 1. The second-order valence-electron chi connectivity index (χ2n) is 10.0. The van der Waals surface area contributed by atoms with Gasteiger partial charge < -0.3 is 19.7 Å². The number of nitrogens with one attached hydrogen (secondary N) is 1. The van der Waals surface area contributed by atoms with Crippen molar-refractivity contribution in [3.8, 4) is 11.5 Å². The summed E-state index contributed by atoms with van der Waals surface area (Å²) in [6, 6.07) is 21.3. The number of carbonyl (C=O) groups is 2. The van der Waals surface area contributed by atoms with Crippen molar-refractivity contribution in [2.45, 2.75) is 56.1 Å². The molecular weight excluding hydrogens is 542 g/mol. The molecule has 3 aromatic rings. The van der Waals surface area contributed by atoms with Gasteiger partial charge in [-0.15, -0.1) is 0 Å². The molecule has 1 fully saturated rings. The summed E-state index contributed by atoms with van der Waals surface area (Å²) in [5.41, 5.74) is 1.15. The minimum Gasteiger partial charge on any atom is -0.493 e. The first kappa shape index (κ1) is 29.9. The van der Waals surface area contributed by atoms with E-state index in [0.29, 0.717) is 11.4 Å². The number of sulfonamides is 1. The maximum absolute atomic E-state index is 14.0. The lowest BCUT2D eigenvalue weighted by molar-refractivity contribution is -0.139. The lowest BCUT2D eigenvalue weighted by atomic mass is 10.1. The predicted molar refractivity (Wildman–Crippen MR) is 157 cm³/mol. The SMILES string of the molecule is COc1ccc(S(=O)(=O)N(CC(=O)N(Cc2ccccc2)[C@H](C)C(=O)NC2CCCC2)c2ccccc2)cc1OC. The molecule has 3 aromatic carbocycles. The molecule has 4 rings (SSSR count). The highest BCUT2D eigenvalue weighted by molar-refractivity contribution is 7.92. The van der Waals surface area contributed by atoms with Gasteiger partial charge in [0.05, 0.1) is 24.8 Å². The topological polar surface area (TPSA) is 105 Å². The van der Waals surface area contributed by atoms with E-state index in [-0.39, 0.29) is 29.1 Å². The number of methoxy groups -OCH3 is 2. The number of amides is 2. The minimum absolute atomic E-state index is 0.0616. The zero-order chi connectivity index (χ0) is 29.4. The molecule has 218 valence electrons. The van der Waals surface area contributed by atoms with E-state index in [2.05, 4.69) is 5.32 Å². The van der Waals surface area contributed by atoms with Crippen LogP contribution < -0.4 is 19.1 Å². The van der Waals surface area contributed by atoms with E-state index in [0.717, 1.165) is 35.6 Å². The fourth-order valence-corrected chi connectivity index (χ4v) is 6.41. The average Bonchev–Trinajstić information content (AvgIpc) is 3.51. The third-order valence-corrected chi connectivity index (χ3v) is 9.10. The Hall–Kier alpha value is -4.05. The number of nitrogens with zero attached hydrogens (tertiary/aromatic N) is 2. The van der Waals surface area contributed by atoms with E-state index >= 15 is 0 Å². The van der Waals surface area contributed by atoms with Crippen LogP contribution in [0, 0.1) is 0 Å². The molecule has 9 nitrogen and oxygen atoms in total. The molecule has 0 spiro atoms. The summed E-state index contributed by atoms with van der Waals surface area (Å²) in [7, 11) is -1.34. The third-order valence-electron chi connectivity index (χ3n) is 7.33. The quantitative estimate of drug-likeness (QED) is 0.342. The van der Waals surface area contributed by atoms with Crippen LogP contribution >= 0.6 is 0 Å². The van der Waals surface area contributed by atoms with Crippen molar-refractivity contribution in [3.05, 3.63) is 84.4 Å². The Bertz CT molecular complexity index is 1430. The smallest absolute Gasteiger partial charge is 0.264 e. The van der Waals surface area contributed by atoms with Crippen molar-refractivity contribution in [2.24, 2.45) is 0 Å². The van der Waals surface area contributed by atoms with Crippen LogP contribution in [-0.4, -0.2) is 58.0 Å². The Kier molecular flexibility index (Phi) is 9.88. The minimum atomic E-state index is -4.23. The van der Waals surface area contributed by atoms with E-state index in [4.69, 9.17) is 9.47 Å². The van der Waals surface area contributed by atoms with Gasteiger partial charge in [-0.3, -0.25) is 13.9 Å². The first-order valence-corrected chi connectivity index (χ1v) is 15.1. The highest BCUT2D eigenvalue weighted by Crippen LogP contribution is 2.32. The van der Waals surface area contributed by atoms with Gasteiger partial charge in [-0.1, -0.05) is 61.4 Å². The molecule has 0 radical (unpaired) electrons. The molecule has 41 heavy (non-hydrogen) atoms. The van der Waals surface area contributed by atoms with Gasteiger partial charge >= 0.3 is 0 Å². The molecule has 1 atom stereocenters. The van der Waals surface area contributed by atoms with Gasteiger partial charge in [0.25, 0.3) is 10.0 Å². The monoisotopic (exact) mass is 579 g/mol. The normalized spacial score (nSPS) is 14.2. The number of para-hydroxylation sites is 1. The zero-order valence-electron chi connectivity index (χ0n) is 23.7. The number of rotatable bonds is 12. The van der Waals surface area contributed by atoms with Crippen LogP contribution in [0.15, 0.2) is 83.8 Å². The summed E-state index contributed by atoms with van der Waals surface area (Å²) in [6.45, 7) is 1.33. The molecule has 0 bridgehead atoms. The Morgan fingerprint density at radius 2 is 1.51 bits per heavy atom. The van der Waals surface area contributed by atoms with Crippen LogP contribution in [0.2, 0.25) is 0 Å². The van der Waals surface area contributed by atoms with Crippen LogP contribution in [-0.2, 0) is 26.2 Å². The number of benzene rings is 3. The standard InChI is InChI=1S/C31H37N3O6S/c1-23(31(36)32-25-14-10-11-15-25)33(21-24-12-6-4-7-13-24)30(35)22-34(26-16-8-5-9-17-26)41(37,38)27-18-19-28(39-2)29(20-27)40-3/h4-9,12-13,16-20,23,25H,10-11,14-15,21-22H2,1-3H3,(H,32,36)/t23-/m1/s1. The Morgan fingerprint density at radius 3 is 2.12 bits per heavy atom. The molecule has 0 heterocycles. The summed E-state index contributed by atoms with van der Waals surface area (Å²) in [5, 5.41) is 3.07. The zero-order valence-corrected chi connectivity index (χ0v) is 24.5. The third kappa shape index (κ3) is 7.18. The van der Waals surface area contributed by atoms with Gasteiger partial charge in [0.15, 0.2) is 11.5 Å². The van der Waals surface area contributed by atoms with Crippen molar-refractivity contribution >= 4 is 27.5 Å². The molecule has 1 saturated carbocycles. The molecule has 10 heteroatoms. The fraction of sp³-hybridized carbons (Fsp3) is 0.355. The van der Waals surface area contributed by atoms with E-state index in [1.165, 1.54) is 37.3 Å². The molecule has 0 aliphatic heterocycles. The maximum Gasteiger partial charge on any atom is 0.264 e. The van der Waals surface area contributed by atoms with E-state index in [1.54, 1.807) is 37.3 Å². The second kappa shape index (κ2) is 13.5. The van der Waals surface area contributed by atoms with Crippen molar-refractivity contribution in [3.63, 3.8) is 0 Å². The van der Waals surface area contributed by atoms with Crippen LogP contribution in [0.3, 0.4) is 0 Å². The van der Waals surface area contributed by atoms with Gasteiger partial charge in [-0.05, 0) is 49.6 Å². The second-order valence-corrected chi connectivity index (χ2v) is 11.9. The van der Waals surface area contributed by atoms with Gasteiger partial charge in [-0.25, -0.2) is 8.42 Å². The molecule has 0 aromatic heterocycles. The molecular formula is C31H37N3O6S. The van der Waals surface area contributed by atoms with Crippen molar-refractivity contribution in [1.82, 2.24) is 10.2 Å². The number of hydrogen-bond acceptors (Lipinski definition) is 6. The molecule has 1 aliphatic rings. The number of carbonyl (C=O) groups excluding carboxylic acids is 2. The van der Waals surface area contributed by atoms with Crippen molar-refractivity contribution in [1.29, 1.82) is 0 Å². The Morgan fingerprint density at radius 1 is 0.902 bits per heavy atom. The highest BCUT2D eigenvalue weighted by atomic mass is 32.2. The number of hydrogen-bond donors (Lipinski definition) is 1. The fourth-order valence-electron chi connectivity index (χ4n) is 4.98. The molecule has 0 saturated heterocycles. The van der Waals surface area contributed by atoms with E-state index in [9.17, 15) is 18.0 Å². The predicted octanol–water partition coefficient (Wildman–Crippen LogP) is 4.38. The van der Waals surface area contributed by atoms with Gasteiger partial charge in [0.2, 0.25) is 11.8 Å². The lowest BCUT2D eigenvalue weighted by Crippen LogP contribution is -2.52. The van der Waals surface area contributed by atoms with Crippen molar-refractivity contribution < 1.29 is 27.5 Å². The Balaban J connectivity index is 1.68. The van der Waals surface area contributed by atoms with E-state index < -0.39 is 28.5 Å². The van der Waals surface area contributed by atoms with Gasteiger partial charge in [-0.2, -0.15) is 0 Å². The van der Waals surface area contributed by atoms with Crippen LogP contribution in [0.4, 0.5) is 5.69 Å². The van der Waals surface area contributed by atoms with Crippen LogP contribution in [0.25, 0.3) is 0 Å². The Labute approximate surface area is 242 Å². The molecule has 1 N–H and O–H groups in total. The van der Waals surface area contributed by atoms with Gasteiger partial charge in [0, 0.05) is 18.7 Å². The number of ether oxygens (including phenoxy) is 2. The average molecular weight is 580 g/mol. The first-order chi connectivity index (χ1) is 19.7. The molecule has 0 unspecified atom stereocenters. The van der Waals surface area contributed by atoms with Crippen LogP contribution in [0.5, 0.6) is 11.5 Å². The summed E-state index contributed by atoms with van der Waals surface area (Å²) < 4.78 is 39.7. The first-order valence-electron chi connectivity index (χ1n) is 13.7. The van der Waals surface area contributed by atoms with E-state index in [1.807, 2.05) is 30.3 Å². The van der Waals surface area contributed by atoms with Crippen molar-refractivity contribution in [2.75, 3.05) is 25.1 Å². The van der Waals surface area contributed by atoms with Gasteiger partial charge in [0.1, 0.15) is 12.6 Å².